The van der Waals surface area contributed by atoms with Gasteiger partial charge in [-0.2, -0.15) is 0 Å². The molecule has 2 aromatic rings. The molecule has 0 radical (unpaired) electrons. The minimum absolute atomic E-state index is 0.00278. The molecule has 1 fully saturated rings. The molecule has 4 atom stereocenters. The molecule has 1 saturated carbocycles. The van der Waals surface area contributed by atoms with Gasteiger partial charge in [-0.3, -0.25) is 14.4 Å². The van der Waals surface area contributed by atoms with Gasteiger partial charge in [-0.25, -0.2) is 4.98 Å². The van der Waals surface area contributed by atoms with Crippen molar-refractivity contribution in [1.82, 2.24) is 4.98 Å². The van der Waals surface area contributed by atoms with Crippen LogP contribution in [0.5, 0.6) is 5.75 Å². The molecular weight excluding hydrogens is 464 g/mol. The van der Waals surface area contributed by atoms with Gasteiger partial charge in [0.2, 0.25) is 5.78 Å². The fourth-order valence-electron chi connectivity index (χ4n) is 5.62. The van der Waals surface area contributed by atoms with Gasteiger partial charge < -0.3 is 26.2 Å². The number of fused-ring (bicyclic) bond motifs is 3. The highest BCUT2D eigenvalue weighted by atomic mass is 16.3. The van der Waals surface area contributed by atoms with Gasteiger partial charge in [0.15, 0.2) is 11.4 Å². The third kappa shape index (κ3) is 3.15. The van der Waals surface area contributed by atoms with Gasteiger partial charge >= 0.3 is 0 Å². The maximum Gasteiger partial charge on any atom is 0.255 e. The smallest absolute Gasteiger partial charge is 0.255 e. The van der Waals surface area contributed by atoms with Crippen LogP contribution < -0.4 is 5.73 Å². The number of carbonyl (C=O) groups is 3. The Morgan fingerprint density at radius 2 is 1.89 bits per heavy atom. The quantitative estimate of drug-likeness (QED) is 0.298. The molecule has 0 aliphatic heterocycles. The maximum absolute atomic E-state index is 13.6. The molecule has 1 aromatic carbocycles. The van der Waals surface area contributed by atoms with E-state index in [1.807, 2.05) is 0 Å². The Labute approximate surface area is 205 Å². The van der Waals surface area contributed by atoms with Crippen LogP contribution in [0.25, 0.3) is 5.76 Å². The van der Waals surface area contributed by atoms with Crippen molar-refractivity contribution >= 4 is 23.2 Å². The molecule has 5 rings (SSSR count). The molecular formula is C27H22N2O7. The number of rotatable bonds is 1. The summed E-state index contributed by atoms with van der Waals surface area (Å²) in [5.74, 6) is -1.72. The number of nitrogens with zero attached hydrogens (tertiary/aromatic N) is 1. The summed E-state index contributed by atoms with van der Waals surface area (Å²) < 4.78 is 0. The first-order valence-electron chi connectivity index (χ1n) is 11.3. The van der Waals surface area contributed by atoms with Gasteiger partial charge in [-0.15, -0.1) is 0 Å². The third-order valence-electron chi connectivity index (χ3n) is 7.41. The number of nitrogens with two attached hydrogens (primary N) is 1. The van der Waals surface area contributed by atoms with E-state index in [2.05, 4.69) is 16.8 Å². The number of aromatic hydroxyl groups is 1. The number of ketones is 2. The van der Waals surface area contributed by atoms with E-state index in [4.69, 9.17) is 5.73 Å². The fourth-order valence-corrected chi connectivity index (χ4v) is 5.62. The van der Waals surface area contributed by atoms with Crippen LogP contribution >= 0.6 is 0 Å². The van der Waals surface area contributed by atoms with Crippen LogP contribution in [0, 0.1) is 29.6 Å². The molecule has 9 heteroatoms. The molecule has 6 N–H and O–H groups in total. The third-order valence-corrected chi connectivity index (χ3v) is 7.41. The van der Waals surface area contributed by atoms with Crippen molar-refractivity contribution in [3.63, 3.8) is 0 Å². The van der Waals surface area contributed by atoms with Crippen LogP contribution in [0.3, 0.4) is 0 Å². The Kier molecular flexibility index (Phi) is 5.23. The standard InChI is InChI=1S/C27H22N2O7/c1-12-17-11-14-10-16-13(5-7-15-4-2-3-9-29-15)6-8-18(30)20(16)23(32)19(14)24(33)27(17,36)25(34)21(22(12)31)26(28)35/h2-4,6,8-9,12,14,17,30,32,34,36H,10-11H2,1H3,(H2,28,35)/t12-,14-,17-,27-/m0/s1. The van der Waals surface area contributed by atoms with Crippen LogP contribution in [0.15, 0.2) is 53.4 Å². The Bertz CT molecular complexity index is 1480. The van der Waals surface area contributed by atoms with Crippen molar-refractivity contribution < 1.29 is 34.8 Å². The number of amides is 1. The van der Waals surface area contributed by atoms with E-state index in [-0.39, 0.29) is 29.7 Å². The van der Waals surface area contributed by atoms with Gasteiger partial charge in [0.05, 0.1) is 5.56 Å². The lowest BCUT2D eigenvalue weighted by Gasteiger charge is -2.48. The number of hydrogen-bond donors (Lipinski definition) is 5. The molecule has 1 amide bonds. The lowest BCUT2D eigenvalue weighted by molar-refractivity contribution is -0.152. The second-order valence-electron chi connectivity index (χ2n) is 9.29. The number of Topliss-reactive ketones (excluding diaryl/α,β-unsaturated/α-hetero) is 2. The summed E-state index contributed by atoms with van der Waals surface area (Å²) in [4.78, 5) is 42.4. The minimum atomic E-state index is -2.61. The number of carbonyl (C=O) groups excluding carboxylic acids is 3. The van der Waals surface area contributed by atoms with E-state index in [1.54, 1.807) is 30.5 Å². The minimum Gasteiger partial charge on any atom is -0.508 e. The summed E-state index contributed by atoms with van der Waals surface area (Å²) in [5.41, 5.74) is 3.18. The molecule has 0 saturated heterocycles. The zero-order valence-corrected chi connectivity index (χ0v) is 19.1. The highest BCUT2D eigenvalue weighted by Gasteiger charge is 2.62. The molecule has 9 nitrogen and oxygen atoms in total. The second kappa shape index (κ2) is 8.07. The molecule has 182 valence electrons. The van der Waals surface area contributed by atoms with E-state index in [9.17, 15) is 34.8 Å². The number of primary amides is 1. The van der Waals surface area contributed by atoms with Gasteiger partial charge in [0.25, 0.3) is 5.91 Å². The first kappa shape index (κ1) is 23.3. The molecule has 3 aliphatic rings. The Morgan fingerprint density at radius 1 is 1.14 bits per heavy atom. The Balaban J connectivity index is 1.68. The Hall–Kier alpha value is -4.42. The van der Waals surface area contributed by atoms with E-state index in [1.165, 1.54) is 13.0 Å². The lowest BCUT2D eigenvalue weighted by Crippen LogP contribution is -2.61. The first-order valence-corrected chi connectivity index (χ1v) is 11.3. The second-order valence-corrected chi connectivity index (χ2v) is 9.29. The SMILES string of the molecule is C[C@@H]1C(=O)C(C(N)=O)=C(O)[C@@]2(O)C(=O)C3=C(O)c4c(O)ccc(C#Cc5ccccn5)c4C[C@H]3C[C@@H]12. The van der Waals surface area contributed by atoms with E-state index in [0.717, 1.165) is 0 Å². The molecule has 1 aromatic heterocycles. The maximum atomic E-state index is 13.6. The van der Waals surface area contributed by atoms with Gasteiger partial charge in [-0.1, -0.05) is 18.9 Å². The van der Waals surface area contributed by atoms with Crippen LogP contribution in [0.2, 0.25) is 0 Å². The number of hydrogen-bond acceptors (Lipinski definition) is 8. The predicted molar refractivity (Wildman–Crippen MR) is 126 cm³/mol. The predicted octanol–water partition coefficient (Wildman–Crippen LogP) is 1.46. The van der Waals surface area contributed by atoms with Gasteiger partial charge in [0.1, 0.15) is 28.5 Å². The van der Waals surface area contributed by atoms with Crippen LogP contribution in [-0.4, -0.2) is 48.5 Å². The zero-order chi connectivity index (χ0) is 25.9. The molecule has 3 aliphatic carbocycles. The highest BCUT2D eigenvalue weighted by Crippen LogP contribution is 2.53. The number of phenolic OH excluding ortho intramolecular Hbond substituents is 1. The summed E-state index contributed by atoms with van der Waals surface area (Å²) in [6.45, 7) is 1.46. The number of aliphatic hydroxyl groups is 3. The van der Waals surface area contributed by atoms with E-state index >= 15 is 0 Å². The van der Waals surface area contributed by atoms with E-state index < -0.39 is 57.9 Å². The number of aliphatic hydroxyl groups excluding tert-OH is 2. The highest BCUT2D eigenvalue weighted by molar-refractivity contribution is 6.23. The van der Waals surface area contributed by atoms with Crippen molar-refractivity contribution in [2.75, 3.05) is 0 Å². The largest absolute Gasteiger partial charge is 0.508 e. The summed E-state index contributed by atoms with van der Waals surface area (Å²) in [6, 6.07) is 8.23. The monoisotopic (exact) mass is 486 g/mol. The number of pyridine rings is 1. The summed E-state index contributed by atoms with van der Waals surface area (Å²) in [5, 5.41) is 43.9. The summed E-state index contributed by atoms with van der Waals surface area (Å²) in [6.07, 6.45) is 1.83. The first-order chi connectivity index (χ1) is 17.1. The average Bonchev–Trinajstić information content (AvgIpc) is 2.84. The Morgan fingerprint density at radius 3 is 2.56 bits per heavy atom. The van der Waals surface area contributed by atoms with Gasteiger partial charge in [-0.05, 0) is 54.5 Å². The molecule has 0 spiro atoms. The number of phenols is 1. The van der Waals surface area contributed by atoms with Crippen LogP contribution in [-0.2, 0) is 20.8 Å². The lowest BCUT2D eigenvalue weighted by atomic mass is 9.56. The number of aromatic nitrogens is 1. The summed E-state index contributed by atoms with van der Waals surface area (Å²) in [7, 11) is 0. The molecule has 0 unspecified atom stereocenters. The van der Waals surface area contributed by atoms with Crippen molar-refractivity contribution in [3.8, 4) is 17.6 Å². The van der Waals surface area contributed by atoms with Crippen molar-refractivity contribution in [2.24, 2.45) is 23.5 Å². The summed E-state index contributed by atoms with van der Waals surface area (Å²) >= 11 is 0. The fraction of sp³-hybridized carbons (Fsp3) is 0.259. The van der Waals surface area contributed by atoms with Crippen molar-refractivity contribution in [2.45, 2.75) is 25.4 Å². The normalized spacial score (nSPS) is 27.0. The zero-order valence-electron chi connectivity index (χ0n) is 19.1. The van der Waals surface area contributed by atoms with E-state index in [0.29, 0.717) is 16.8 Å². The molecule has 36 heavy (non-hydrogen) atoms. The van der Waals surface area contributed by atoms with Crippen LogP contribution in [0.4, 0.5) is 0 Å². The van der Waals surface area contributed by atoms with Gasteiger partial charge in [0, 0.05) is 29.2 Å². The molecule has 1 heterocycles. The van der Waals surface area contributed by atoms with Crippen molar-refractivity contribution in [3.05, 3.63) is 75.8 Å². The topological polar surface area (TPSA) is 171 Å². The molecule has 0 bridgehead atoms. The van der Waals surface area contributed by atoms with Crippen LogP contribution in [0.1, 0.15) is 35.7 Å². The van der Waals surface area contributed by atoms with Crippen molar-refractivity contribution in [1.29, 1.82) is 0 Å². The average molecular weight is 486 g/mol. The number of benzene rings is 1.